The average Bonchev–Trinajstić information content (AvgIpc) is 3.29. The van der Waals surface area contributed by atoms with Crippen molar-refractivity contribution in [3.63, 3.8) is 0 Å². The fourth-order valence-corrected chi connectivity index (χ4v) is 6.53. The summed E-state index contributed by atoms with van der Waals surface area (Å²) in [6.07, 6.45) is 1.32. The summed E-state index contributed by atoms with van der Waals surface area (Å²) in [5.41, 5.74) is 5.45. The Bertz CT molecular complexity index is 1810. The molecule has 206 valence electrons. The highest BCUT2D eigenvalue weighted by Crippen LogP contribution is 2.47. The first-order valence-electron chi connectivity index (χ1n) is 11.9. The molecule has 1 saturated heterocycles. The number of rotatable bonds is 2. The Kier molecular flexibility index (Phi) is 5.93. The van der Waals surface area contributed by atoms with Gasteiger partial charge >= 0.3 is 0 Å². The lowest BCUT2D eigenvalue weighted by Gasteiger charge is -2.50. The Morgan fingerprint density at radius 3 is 2.60 bits per heavy atom. The van der Waals surface area contributed by atoms with Gasteiger partial charge in [-0.3, -0.25) is 14.6 Å². The predicted octanol–water partition coefficient (Wildman–Crippen LogP) is 5.03. The van der Waals surface area contributed by atoms with Crippen LogP contribution >= 0.6 is 22.9 Å². The summed E-state index contributed by atoms with van der Waals surface area (Å²) in [5.74, 6) is -5.38. The van der Waals surface area contributed by atoms with E-state index in [4.69, 9.17) is 17.3 Å². The monoisotopic (exact) mass is 590 g/mol. The van der Waals surface area contributed by atoms with Crippen LogP contribution in [0.5, 0.6) is 0 Å². The number of aromatic nitrogens is 2. The SMILES string of the molecule is C=C(F)C(=O)N1C[C@@H]2C(=O)N(C)c3cnc4c(F)c(-c5c(F)cc(F)c6sc(N)nc56)c(Cl)cc4c3N2C[C@H]1C. The summed E-state index contributed by atoms with van der Waals surface area (Å²) in [7, 11) is 1.51. The van der Waals surface area contributed by atoms with Gasteiger partial charge in [0.05, 0.1) is 39.4 Å². The molecule has 2 atom stereocenters. The zero-order chi connectivity index (χ0) is 28.8. The van der Waals surface area contributed by atoms with Crippen molar-refractivity contribution in [3.8, 4) is 11.1 Å². The summed E-state index contributed by atoms with van der Waals surface area (Å²) >= 11 is 7.38. The number of halogens is 5. The van der Waals surface area contributed by atoms with Crippen LogP contribution in [0.4, 0.5) is 34.1 Å². The van der Waals surface area contributed by atoms with Gasteiger partial charge in [-0.05, 0) is 13.0 Å². The third-order valence-corrected chi connectivity index (χ3v) is 8.53. The number of nitrogen functional groups attached to an aromatic ring is 1. The van der Waals surface area contributed by atoms with Crippen LogP contribution in [0.25, 0.3) is 32.2 Å². The van der Waals surface area contributed by atoms with Gasteiger partial charge in [0.1, 0.15) is 23.2 Å². The maximum atomic E-state index is 16.3. The Labute approximate surface area is 233 Å². The molecule has 40 heavy (non-hydrogen) atoms. The molecule has 0 radical (unpaired) electrons. The van der Waals surface area contributed by atoms with E-state index in [9.17, 15) is 18.4 Å². The van der Waals surface area contributed by atoms with Gasteiger partial charge in [0.25, 0.3) is 11.8 Å². The van der Waals surface area contributed by atoms with Crippen molar-refractivity contribution in [3.05, 3.63) is 53.2 Å². The van der Waals surface area contributed by atoms with Crippen LogP contribution in [-0.2, 0) is 9.59 Å². The van der Waals surface area contributed by atoms with Crippen LogP contribution in [0.1, 0.15) is 6.92 Å². The first kappa shape index (κ1) is 26.3. The van der Waals surface area contributed by atoms with Crippen LogP contribution < -0.4 is 15.5 Å². The smallest absolute Gasteiger partial charge is 0.282 e. The largest absolute Gasteiger partial charge is 0.375 e. The number of nitrogens with zero attached hydrogens (tertiary/aromatic N) is 5. The van der Waals surface area contributed by atoms with E-state index in [1.807, 2.05) is 0 Å². The molecule has 0 aliphatic carbocycles. The van der Waals surface area contributed by atoms with Crippen LogP contribution in [0.15, 0.2) is 30.7 Å². The van der Waals surface area contributed by atoms with E-state index >= 15 is 8.78 Å². The number of benzene rings is 2. The molecule has 4 aromatic rings. The topological polar surface area (TPSA) is 95.7 Å². The van der Waals surface area contributed by atoms with Gasteiger partial charge in [0, 0.05) is 42.2 Å². The van der Waals surface area contributed by atoms with Crippen molar-refractivity contribution >= 4 is 72.4 Å². The minimum atomic E-state index is -1.14. The zero-order valence-electron chi connectivity index (χ0n) is 20.9. The molecule has 1 fully saturated rings. The third-order valence-electron chi connectivity index (χ3n) is 7.34. The Hall–Kier alpha value is -3.97. The highest BCUT2D eigenvalue weighted by Gasteiger charge is 2.45. The van der Waals surface area contributed by atoms with Crippen molar-refractivity contribution in [2.45, 2.75) is 19.0 Å². The molecule has 2 aliphatic rings. The molecule has 6 rings (SSSR count). The van der Waals surface area contributed by atoms with E-state index in [1.165, 1.54) is 29.1 Å². The van der Waals surface area contributed by atoms with Gasteiger partial charge < -0.3 is 20.4 Å². The number of fused-ring (bicyclic) bond motifs is 6. The van der Waals surface area contributed by atoms with Gasteiger partial charge in [-0.25, -0.2) is 22.5 Å². The highest BCUT2D eigenvalue weighted by atomic mass is 35.5. The maximum absolute atomic E-state index is 16.3. The van der Waals surface area contributed by atoms with E-state index in [1.54, 1.807) is 11.8 Å². The van der Waals surface area contributed by atoms with Crippen LogP contribution in [0.3, 0.4) is 0 Å². The van der Waals surface area contributed by atoms with E-state index in [0.717, 1.165) is 11.3 Å². The average molecular weight is 591 g/mol. The molecular weight excluding hydrogens is 572 g/mol. The summed E-state index contributed by atoms with van der Waals surface area (Å²) in [6.45, 7) is 4.75. The molecule has 0 saturated carbocycles. The normalized spacial score (nSPS) is 18.9. The zero-order valence-corrected chi connectivity index (χ0v) is 22.5. The number of anilines is 3. The van der Waals surface area contributed by atoms with Crippen molar-refractivity contribution < 1.29 is 27.2 Å². The van der Waals surface area contributed by atoms with E-state index < -0.39 is 41.3 Å². The number of piperazine rings is 1. The van der Waals surface area contributed by atoms with Crippen LogP contribution in [0, 0.1) is 17.5 Å². The van der Waals surface area contributed by atoms with Crippen molar-refractivity contribution in [1.29, 1.82) is 0 Å². The first-order valence-corrected chi connectivity index (χ1v) is 13.1. The molecule has 4 heterocycles. The lowest BCUT2D eigenvalue weighted by atomic mass is 9.96. The Morgan fingerprint density at radius 2 is 1.90 bits per heavy atom. The fraction of sp³-hybridized carbons (Fsp3) is 0.231. The molecule has 0 spiro atoms. The number of nitrogens with two attached hydrogens (primary N) is 1. The van der Waals surface area contributed by atoms with Crippen LogP contribution in [0.2, 0.25) is 5.02 Å². The Balaban J connectivity index is 1.57. The molecule has 2 aliphatic heterocycles. The molecule has 0 bridgehead atoms. The van der Waals surface area contributed by atoms with E-state index in [0.29, 0.717) is 17.4 Å². The lowest BCUT2D eigenvalue weighted by molar-refractivity contribution is -0.133. The van der Waals surface area contributed by atoms with Gasteiger partial charge in [-0.1, -0.05) is 29.5 Å². The minimum Gasteiger partial charge on any atom is -0.375 e. The lowest BCUT2D eigenvalue weighted by Crippen LogP contribution is -2.65. The molecule has 2 aromatic heterocycles. The molecule has 2 amide bonds. The predicted molar refractivity (Wildman–Crippen MR) is 146 cm³/mol. The Morgan fingerprint density at radius 1 is 1.18 bits per heavy atom. The van der Waals surface area contributed by atoms with E-state index in [2.05, 4.69) is 16.5 Å². The second kappa shape index (κ2) is 9.03. The molecule has 2 N–H and O–H groups in total. The first-order chi connectivity index (χ1) is 18.9. The van der Waals surface area contributed by atoms with Crippen LogP contribution in [-0.4, -0.2) is 58.9 Å². The number of pyridine rings is 1. The third kappa shape index (κ3) is 3.64. The van der Waals surface area contributed by atoms with Crippen molar-refractivity contribution in [2.75, 3.05) is 35.7 Å². The molecular formula is C26H19ClF4N6O2S. The molecule has 2 aromatic carbocycles. The van der Waals surface area contributed by atoms with Gasteiger partial charge in [0.2, 0.25) is 0 Å². The number of hydrogen-bond donors (Lipinski definition) is 1. The molecule has 14 heteroatoms. The van der Waals surface area contributed by atoms with Gasteiger partial charge in [-0.2, -0.15) is 0 Å². The van der Waals surface area contributed by atoms with Crippen molar-refractivity contribution in [2.24, 2.45) is 0 Å². The van der Waals surface area contributed by atoms with Gasteiger partial charge in [0.15, 0.2) is 16.8 Å². The molecule has 0 unspecified atom stereocenters. The fourth-order valence-electron chi connectivity index (χ4n) is 5.50. The number of amides is 2. The van der Waals surface area contributed by atoms with Gasteiger partial charge in [-0.15, -0.1) is 0 Å². The second-order valence-corrected chi connectivity index (χ2v) is 11.1. The standard InChI is InChI=1S/C26H19ClF4N6O2S/c1-9-7-37-16(8-36(9)24(38)10(2)28)25(39)35(3)15-6-33-20-11(22(15)37)4-12(27)17(19(20)31)18-13(29)5-14(30)23-21(18)34-26(32)40-23/h4-6,9,16H,2,7-8H2,1,3H3,(H2,32,34)/t9-,16-/m1/s1. The summed E-state index contributed by atoms with van der Waals surface area (Å²) < 4.78 is 59.5. The number of likely N-dealkylation sites (N-methyl/N-ethyl adjacent to an activating group) is 1. The second-order valence-electron chi connectivity index (χ2n) is 9.66. The number of carbonyl (C=O) groups is 2. The number of carbonyl (C=O) groups excluding carboxylic acids is 2. The highest BCUT2D eigenvalue weighted by molar-refractivity contribution is 7.22. The summed E-state index contributed by atoms with van der Waals surface area (Å²) in [4.78, 5) is 38.2. The molecule has 8 nitrogen and oxygen atoms in total. The summed E-state index contributed by atoms with van der Waals surface area (Å²) in [5, 5.41) is -0.0103. The summed E-state index contributed by atoms with van der Waals surface area (Å²) in [6, 6.07) is 0.586. The number of hydrogen-bond acceptors (Lipinski definition) is 7. The quantitative estimate of drug-likeness (QED) is 0.260. The minimum absolute atomic E-state index is 0.0351. The van der Waals surface area contributed by atoms with E-state index in [-0.39, 0.29) is 61.4 Å². The van der Waals surface area contributed by atoms with Crippen molar-refractivity contribution in [1.82, 2.24) is 14.9 Å². The number of thiazole rings is 1. The maximum Gasteiger partial charge on any atom is 0.282 e.